The summed E-state index contributed by atoms with van der Waals surface area (Å²) < 4.78 is 11.2. The minimum absolute atomic E-state index is 0.136. The minimum Gasteiger partial charge on any atom is -0.348 e. The van der Waals surface area contributed by atoms with E-state index >= 15 is 0 Å². The normalized spacial score (nSPS) is 18.1. The van der Waals surface area contributed by atoms with Gasteiger partial charge < -0.3 is 9.47 Å². The lowest BCUT2D eigenvalue weighted by molar-refractivity contribution is -0.387. The molecule has 1 aromatic rings. The van der Waals surface area contributed by atoms with Crippen molar-refractivity contribution in [1.82, 2.24) is 0 Å². The number of hydrogen-bond donors (Lipinski definition) is 0. The Morgan fingerprint density at radius 1 is 1.05 bits per heavy atom. The summed E-state index contributed by atoms with van der Waals surface area (Å²) in [6, 6.07) is 2.68. The predicted octanol–water partition coefficient (Wildman–Crippen LogP) is 4.51. The van der Waals surface area contributed by atoms with Gasteiger partial charge in [0, 0.05) is 6.07 Å². The topological polar surface area (TPSA) is 61.6 Å². The first-order chi connectivity index (χ1) is 9.59. The number of nitrogens with zero attached hydrogens (tertiary/aromatic N) is 1. The fourth-order valence-electron chi connectivity index (χ4n) is 2.06. The molecule has 5 nitrogen and oxygen atoms in total. The number of nitro groups is 1. The van der Waals surface area contributed by atoms with Gasteiger partial charge in [0.15, 0.2) is 6.29 Å². The van der Waals surface area contributed by atoms with Crippen molar-refractivity contribution in [2.24, 2.45) is 0 Å². The first kappa shape index (κ1) is 15.5. The maximum atomic E-state index is 11.1. The van der Waals surface area contributed by atoms with Crippen LogP contribution in [0.2, 0.25) is 10.0 Å². The maximum Gasteiger partial charge on any atom is 0.279 e. The predicted molar refractivity (Wildman–Crippen MR) is 76.2 cm³/mol. The molecule has 1 aromatic carbocycles. The van der Waals surface area contributed by atoms with Crippen LogP contribution in [0.3, 0.4) is 0 Å². The zero-order chi connectivity index (χ0) is 14.5. The molecule has 0 N–H and O–H groups in total. The number of nitro benzene ring substituents is 1. The van der Waals surface area contributed by atoms with Crippen molar-refractivity contribution in [3.05, 3.63) is 37.9 Å². The van der Waals surface area contributed by atoms with Gasteiger partial charge in [0.1, 0.15) is 0 Å². The van der Waals surface area contributed by atoms with E-state index in [0.717, 1.165) is 25.7 Å². The fourth-order valence-corrected chi connectivity index (χ4v) is 2.39. The third kappa shape index (κ3) is 3.82. The van der Waals surface area contributed by atoms with E-state index in [0.29, 0.717) is 18.8 Å². The Labute approximate surface area is 126 Å². The highest BCUT2D eigenvalue weighted by Crippen LogP contribution is 2.36. The number of rotatable bonds is 2. The van der Waals surface area contributed by atoms with Crippen LogP contribution in [-0.4, -0.2) is 18.1 Å². The zero-order valence-electron chi connectivity index (χ0n) is 10.8. The molecule has 0 atom stereocenters. The monoisotopic (exact) mass is 319 g/mol. The van der Waals surface area contributed by atoms with Gasteiger partial charge in [-0.15, -0.1) is 0 Å². The average molecular weight is 320 g/mol. The standard InChI is InChI=1S/C13H15Cl2NO4/c14-10-7-9(12(16(17)18)8-11(10)15)13-19-5-3-1-2-4-6-20-13/h7-8,13H,1-6H2. The summed E-state index contributed by atoms with van der Waals surface area (Å²) in [7, 11) is 0. The molecule has 0 amide bonds. The highest BCUT2D eigenvalue weighted by atomic mass is 35.5. The van der Waals surface area contributed by atoms with Crippen molar-refractivity contribution in [3.8, 4) is 0 Å². The Morgan fingerprint density at radius 3 is 2.15 bits per heavy atom. The van der Waals surface area contributed by atoms with E-state index in [4.69, 9.17) is 32.7 Å². The molecule has 0 saturated carbocycles. The maximum absolute atomic E-state index is 11.1. The molecule has 0 bridgehead atoms. The van der Waals surface area contributed by atoms with Crippen LogP contribution in [0.1, 0.15) is 37.5 Å². The van der Waals surface area contributed by atoms with Gasteiger partial charge in [0.25, 0.3) is 5.69 Å². The third-order valence-corrected chi connectivity index (χ3v) is 3.82. The van der Waals surface area contributed by atoms with Crippen LogP contribution in [0.4, 0.5) is 5.69 Å². The summed E-state index contributed by atoms with van der Waals surface area (Å²) in [5.74, 6) is 0. The Bertz CT molecular complexity index is 486. The summed E-state index contributed by atoms with van der Waals surface area (Å²) in [5.41, 5.74) is 0.176. The number of hydrogen-bond acceptors (Lipinski definition) is 4. The molecule has 1 heterocycles. The first-order valence-corrected chi connectivity index (χ1v) is 7.21. The molecule has 20 heavy (non-hydrogen) atoms. The van der Waals surface area contributed by atoms with E-state index in [-0.39, 0.29) is 15.7 Å². The molecular formula is C13H15Cl2NO4. The van der Waals surface area contributed by atoms with Crippen LogP contribution < -0.4 is 0 Å². The van der Waals surface area contributed by atoms with E-state index in [1.807, 2.05) is 0 Å². The van der Waals surface area contributed by atoms with Gasteiger partial charge in [-0.1, -0.05) is 36.0 Å². The minimum atomic E-state index is -0.775. The highest BCUT2D eigenvalue weighted by molar-refractivity contribution is 6.42. The van der Waals surface area contributed by atoms with Crippen LogP contribution >= 0.6 is 23.2 Å². The van der Waals surface area contributed by atoms with Crippen molar-refractivity contribution >= 4 is 28.9 Å². The fraction of sp³-hybridized carbons (Fsp3) is 0.538. The molecule has 1 fully saturated rings. The van der Waals surface area contributed by atoms with E-state index < -0.39 is 11.2 Å². The summed E-state index contributed by atoms with van der Waals surface area (Å²) in [6.45, 7) is 1.00. The molecule has 7 heteroatoms. The Balaban J connectivity index is 2.32. The second-order valence-electron chi connectivity index (χ2n) is 4.57. The lowest BCUT2D eigenvalue weighted by atomic mass is 10.1. The van der Waals surface area contributed by atoms with Crippen molar-refractivity contribution < 1.29 is 14.4 Å². The average Bonchev–Trinajstić information content (AvgIpc) is 2.54. The third-order valence-electron chi connectivity index (χ3n) is 3.10. The largest absolute Gasteiger partial charge is 0.348 e. The van der Waals surface area contributed by atoms with Crippen LogP contribution in [0.5, 0.6) is 0 Å². The van der Waals surface area contributed by atoms with Crippen molar-refractivity contribution in [2.75, 3.05) is 13.2 Å². The number of benzene rings is 1. The van der Waals surface area contributed by atoms with Gasteiger partial charge >= 0.3 is 0 Å². The Hall–Kier alpha value is -0.880. The smallest absolute Gasteiger partial charge is 0.279 e. The molecule has 2 rings (SSSR count). The Kier molecular flexibility index (Phi) is 5.60. The zero-order valence-corrected chi connectivity index (χ0v) is 12.3. The highest BCUT2D eigenvalue weighted by Gasteiger charge is 2.26. The molecule has 0 unspecified atom stereocenters. The van der Waals surface area contributed by atoms with Gasteiger partial charge in [-0.25, -0.2) is 0 Å². The van der Waals surface area contributed by atoms with Gasteiger partial charge in [-0.2, -0.15) is 0 Å². The van der Waals surface area contributed by atoms with Gasteiger partial charge in [-0.3, -0.25) is 10.1 Å². The van der Waals surface area contributed by atoms with Crippen molar-refractivity contribution in [1.29, 1.82) is 0 Å². The second kappa shape index (κ2) is 7.22. The van der Waals surface area contributed by atoms with Crippen LogP contribution in [-0.2, 0) is 9.47 Å². The molecule has 0 spiro atoms. The summed E-state index contributed by atoms with van der Waals surface area (Å²) >= 11 is 11.8. The lowest BCUT2D eigenvalue weighted by Crippen LogP contribution is -2.12. The van der Waals surface area contributed by atoms with Gasteiger partial charge in [0.05, 0.1) is 33.7 Å². The molecule has 0 aromatic heterocycles. The van der Waals surface area contributed by atoms with Crippen molar-refractivity contribution in [3.63, 3.8) is 0 Å². The molecule has 1 saturated heterocycles. The Morgan fingerprint density at radius 2 is 1.60 bits per heavy atom. The lowest BCUT2D eigenvalue weighted by Gasteiger charge is -2.18. The summed E-state index contributed by atoms with van der Waals surface area (Å²) in [5, 5.41) is 11.5. The molecule has 1 aliphatic heterocycles. The number of ether oxygens (including phenoxy) is 2. The number of halogens is 2. The van der Waals surface area contributed by atoms with Crippen LogP contribution in [0.15, 0.2) is 12.1 Å². The van der Waals surface area contributed by atoms with E-state index in [2.05, 4.69) is 0 Å². The SMILES string of the molecule is O=[N+]([O-])c1cc(Cl)c(Cl)cc1C1OCCCCCCO1. The molecule has 110 valence electrons. The van der Waals surface area contributed by atoms with Crippen LogP contribution in [0.25, 0.3) is 0 Å². The molecule has 0 radical (unpaired) electrons. The van der Waals surface area contributed by atoms with Gasteiger partial charge in [0.2, 0.25) is 0 Å². The summed E-state index contributed by atoms with van der Waals surface area (Å²) in [4.78, 5) is 10.6. The van der Waals surface area contributed by atoms with E-state index in [9.17, 15) is 10.1 Å². The second-order valence-corrected chi connectivity index (χ2v) is 5.38. The molecule has 1 aliphatic rings. The van der Waals surface area contributed by atoms with Crippen molar-refractivity contribution in [2.45, 2.75) is 32.0 Å². The quantitative estimate of drug-likeness (QED) is 0.594. The van der Waals surface area contributed by atoms with E-state index in [1.165, 1.54) is 12.1 Å². The molecule has 0 aliphatic carbocycles. The first-order valence-electron chi connectivity index (χ1n) is 6.46. The van der Waals surface area contributed by atoms with Crippen LogP contribution in [0, 0.1) is 10.1 Å². The summed E-state index contributed by atoms with van der Waals surface area (Å²) in [6.07, 6.45) is 3.19. The molecular weight excluding hydrogens is 305 g/mol. The van der Waals surface area contributed by atoms with Gasteiger partial charge in [-0.05, 0) is 18.9 Å². The van der Waals surface area contributed by atoms with E-state index in [1.54, 1.807) is 0 Å².